The molecule has 6 atom stereocenters. The summed E-state index contributed by atoms with van der Waals surface area (Å²) in [5, 5.41) is 35.3. The molecule has 0 aromatic rings. The Kier molecular flexibility index (Phi) is 11.9. The summed E-state index contributed by atoms with van der Waals surface area (Å²) in [5.74, 6) is -5.10. The highest BCUT2D eigenvalue weighted by atomic mass is 32.1. The Balaban J connectivity index is 5.32. The van der Waals surface area contributed by atoms with Gasteiger partial charge in [0.25, 0.3) is 0 Å². The minimum atomic E-state index is -1.62. The van der Waals surface area contributed by atoms with Crippen molar-refractivity contribution in [2.45, 2.75) is 63.1 Å². The molecule has 0 bridgehead atoms. The van der Waals surface area contributed by atoms with E-state index in [0.29, 0.717) is 0 Å². The molecule has 0 aliphatic carbocycles. The Bertz CT molecular complexity index is 645. The summed E-state index contributed by atoms with van der Waals surface area (Å²) in [4.78, 5) is 58.9. The number of hydrogen-bond acceptors (Lipinski definition) is 9. The number of aliphatic carboxylic acids is 1. The Labute approximate surface area is 178 Å². The molecular weight excluding hydrogens is 422 g/mol. The van der Waals surface area contributed by atoms with Crippen molar-refractivity contribution in [3.8, 4) is 0 Å². The second-order valence-corrected chi connectivity index (χ2v) is 7.01. The number of rotatable bonds is 13. The van der Waals surface area contributed by atoms with E-state index < -0.39 is 66.0 Å². The lowest BCUT2D eigenvalue weighted by atomic mass is 10.1. The highest BCUT2D eigenvalue weighted by molar-refractivity contribution is 7.80. The molecule has 0 aliphatic heterocycles. The smallest absolute Gasteiger partial charge is 0.326 e. The van der Waals surface area contributed by atoms with Gasteiger partial charge < -0.3 is 42.7 Å². The first-order valence-corrected chi connectivity index (χ1v) is 9.59. The van der Waals surface area contributed by atoms with Crippen LogP contribution >= 0.6 is 12.6 Å². The van der Waals surface area contributed by atoms with Gasteiger partial charge in [0.15, 0.2) is 0 Å². The van der Waals surface area contributed by atoms with Gasteiger partial charge in [-0.25, -0.2) is 4.79 Å². The van der Waals surface area contributed by atoms with E-state index in [4.69, 9.17) is 16.6 Å². The lowest BCUT2D eigenvalue weighted by Gasteiger charge is -2.27. The molecule has 4 amide bonds. The molecule has 0 aliphatic rings. The highest BCUT2D eigenvalue weighted by Gasteiger charge is 2.34. The fraction of sp³-hybridized carbons (Fsp3) is 0.688. The zero-order valence-electron chi connectivity index (χ0n) is 16.6. The average Bonchev–Trinajstić information content (AvgIpc) is 2.64. The summed E-state index contributed by atoms with van der Waals surface area (Å²) in [5.41, 5.74) is 10.5. The molecule has 0 saturated carbocycles. The zero-order chi connectivity index (χ0) is 23.6. The molecule has 0 saturated heterocycles. The molecule has 13 nitrogen and oxygen atoms in total. The number of thiol groups is 1. The quantitative estimate of drug-likeness (QED) is 0.123. The Morgan fingerprint density at radius 3 is 1.70 bits per heavy atom. The van der Waals surface area contributed by atoms with Crippen molar-refractivity contribution in [2.24, 2.45) is 11.5 Å². The molecule has 14 heteroatoms. The predicted molar refractivity (Wildman–Crippen MR) is 107 cm³/mol. The first-order chi connectivity index (χ1) is 13.8. The van der Waals surface area contributed by atoms with Crippen LogP contribution in [-0.4, -0.2) is 87.0 Å². The first kappa shape index (κ1) is 27.6. The van der Waals surface area contributed by atoms with Gasteiger partial charge in [0, 0.05) is 12.2 Å². The standard InChI is InChI=1S/C16H29N5O8S/c1-6(22)11(14(26)19-9(16(28)29)3-4-10(18)24)21-15(27)12(7(2)23)20-13(25)8(17)5-30/h6-9,11-12,22-23,30H,3-5,17H2,1-2H3,(H2,18,24)(H,19,26)(H,20,25)(H,21,27)(H,28,29). The summed E-state index contributed by atoms with van der Waals surface area (Å²) in [6.07, 6.45) is -3.47. The van der Waals surface area contributed by atoms with Gasteiger partial charge in [-0.1, -0.05) is 0 Å². The first-order valence-electron chi connectivity index (χ1n) is 8.96. The van der Waals surface area contributed by atoms with Crippen LogP contribution in [0.5, 0.6) is 0 Å². The van der Waals surface area contributed by atoms with Crippen molar-refractivity contribution >= 4 is 42.2 Å². The van der Waals surface area contributed by atoms with Crippen molar-refractivity contribution in [3.63, 3.8) is 0 Å². The lowest BCUT2D eigenvalue weighted by molar-refractivity contribution is -0.143. The van der Waals surface area contributed by atoms with Crippen molar-refractivity contribution in [1.29, 1.82) is 0 Å². The van der Waals surface area contributed by atoms with E-state index in [-0.39, 0.29) is 18.6 Å². The van der Waals surface area contributed by atoms with E-state index in [9.17, 15) is 34.2 Å². The van der Waals surface area contributed by atoms with Crippen LogP contribution in [0.4, 0.5) is 0 Å². The third kappa shape index (κ3) is 9.39. The Hall–Kier alpha value is -2.42. The van der Waals surface area contributed by atoms with Gasteiger partial charge in [-0.15, -0.1) is 0 Å². The predicted octanol–water partition coefficient (Wildman–Crippen LogP) is -4.19. The number of carbonyl (C=O) groups excluding carboxylic acids is 4. The van der Waals surface area contributed by atoms with E-state index in [1.54, 1.807) is 0 Å². The molecule has 0 aromatic carbocycles. The number of amides is 4. The van der Waals surface area contributed by atoms with Gasteiger partial charge in [-0.2, -0.15) is 12.6 Å². The van der Waals surface area contributed by atoms with Crippen molar-refractivity contribution < 1.29 is 39.3 Å². The van der Waals surface area contributed by atoms with Crippen molar-refractivity contribution in [3.05, 3.63) is 0 Å². The Morgan fingerprint density at radius 2 is 1.33 bits per heavy atom. The van der Waals surface area contributed by atoms with Gasteiger partial charge in [0.2, 0.25) is 23.6 Å². The van der Waals surface area contributed by atoms with E-state index in [1.165, 1.54) is 6.92 Å². The van der Waals surface area contributed by atoms with Crippen molar-refractivity contribution in [1.82, 2.24) is 16.0 Å². The fourth-order valence-electron chi connectivity index (χ4n) is 2.20. The van der Waals surface area contributed by atoms with Crippen LogP contribution < -0.4 is 27.4 Å². The number of aliphatic hydroxyl groups is 2. The Morgan fingerprint density at radius 1 is 0.900 bits per heavy atom. The van der Waals surface area contributed by atoms with Crippen LogP contribution in [0.1, 0.15) is 26.7 Å². The average molecular weight is 452 g/mol. The van der Waals surface area contributed by atoms with Crippen LogP contribution in [0, 0.1) is 0 Å². The van der Waals surface area contributed by atoms with Crippen LogP contribution in [0.25, 0.3) is 0 Å². The minimum absolute atomic E-state index is 0.0272. The largest absolute Gasteiger partial charge is 0.480 e. The monoisotopic (exact) mass is 451 g/mol. The third-order valence-electron chi connectivity index (χ3n) is 3.95. The van der Waals surface area contributed by atoms with E-state index in [0.717, 1.165) is 6.92 Å². The van der Waals surface area contributed by atoms with Crippen molar-refractivity contribution in [2.75, 3.05) is 5.75 Å². The maximum absolute atomic E-state index is 12.5. The zero-order valence-corrected chi connectivity index (χ0v) is 17.5. The number of hydrogen-bond donors (Lipinski definition) is 9. The normalized spacial score (nSPS) is 16.9. The molecule has 172 valence electrons. The molecule has 0 fully saturated rings. The number of carboxylic acids is 1. The highest BCUT2D eigenvalue weighted by Crippen LogP contribution is 2.03. The molecule has 0 rings (SSSR count). The number of carbonyl (C=O) groups is 5. The molecule has 30 heavy (non-hydrogen) atoms. The number of aliphatic hydroxyl groups excluding tert-OH is 2. The topological polar surface area (TPSA) is 234 Å². The number of nitrogens with two attached hydrogens (primary N) is 2. The van der Waals surface area contributed by atoms with Gasteiger partial charge in [0.05, 0.1) is 18.2 Å². The summed E-state index contributed by atoms with van der Waals surface area (Å²) in [6.45, 7) is 2.37. The maximum atomic E-state index is 12.5. The number of primary amides is 1. The van der Waals surface area contributed by atoms with Crippen LogP contribution in [-0.2, 0) is 24.0 Å². The summed E-state index contributed by atoms with van der Waals surface area (Å²) >= 11 is 3.86. The molecule has 0 spiro atoms. The van der Waals surface area contributed by atoms with E-state index in [2.05, 4.69) is 28.6 Å². The van der Waals surface area contributed by atoms with Crippen LogP contribution in [0.15, 0.2) is 0 Å². The molecule has 10 N–H and O–H groups in total. The second-order valence-electron chi connectivity index (χ2n) is 6.65. The lowest BCUT2D eigenvalue weighted by Crippen LogP contribution is -2.62. The number of carboxylic acid groups (broad SMARTS) is 1. The fourth-order valence-corrected chi connectivity index (χ4v) is 2.37. The second kappa shape index (κ2) is 13.0. The molecule has 0 aromatic heterocycles. The van der Waals surface area contributed by atoms with Crippen LogP contribution in [0.2, 0.25) is 0 Å². The maximum Gasteiger partial charge on any atom is 0.326 e. The minimum Gasteiger partial charge on any atom is -0.480 e. The van der Waals surface area contributed by atoms with Gasteiger partial charge >= 0.3 is 5.97 Å². The van der Waals surface area contributed by atoms with Gasteiger partial charge in [-0.3, -0.25) is 19.2 Å². The summed E-state index contributed by atoms with van der Waals surface area (Å²) < 4.78 is 0. The number of nitrogens with one attached hydrogen (secondary N) is 3. The molecular formula is C16H29N5O8S. The summed E-state index contributed by atoms with van der Waals surface area (Å²) in [7, 11) is 0. The van der Waals surface area contributed by atoms with E-state index in [1.807, 2.05) is 0 Å². The molecule has 0 heterocycles. The van der Waals surface area contributed by atoms with Gasteiger partial charge in [-0.05, 0) is 20.3 Å². The molecule has 6 unspecified atom stereocenters. The van der Waals surface area contributed by atoms with Gasteiger partial charge in [0.1, 0.15) is 18.1 Å². The van der Waals surface area contributed by atoms with Crippen LogP contribution in [0.3, 0.4) is 0 Å². The molecule has 0 radical (unpaired) electrons. The van der Waals surface area contributed by atoms with E-state index >= 15 is 0 Å². The summed E-state index contributed by atoms with van der Waals surface area (Å²) in [6, 6.07) is -5.68. The third-order valence-corrected chi connectivity index (χ3v) is 4.35. The SMILES string of the molecule is CC(O)C(NC(=O)C(N)CS)C(=O)NC(C(=O)NC(CCC(N)=O)C(=O)O)C(C)O.